The highest BCUT2D eigenvalue weighted by molar-refractivity contribution is 6.36. The van der Waals surface area contributed by atoms with Gasteiger partial charge < -0.3 is 14.6 Å². The summed E-state index contributed by atoms with van der Waals surface area (Å²) >= 11 is 12.6. The van der Waals surface area contributed by atoms with Crippen LogP contribution in [0, 0.1) is 23.7 Å². The number of rotatable bonds is 6. The number of imide groups is 2. The quantitative estimate of drug-likeness (QED) is 0.184. The number of amides is 4. The average molecular weight is 679 g/mol. The summed E-state index contributed by atoms with van der Waals surface area (Å²) in [6.45, 7) is 0. The largest absolute Gasteiger partial charge is 0.504 e. The van der Waals surface area contributed by atoms with E-state index >= 15 is 4.79 Å². The fraction of sp³-hybridized carbons (Fsp3) is 0.294. The lowest BCUT2D eigenvalue weighted by Crippen LogP contribution is -2.53. The summed E-state index contributed by atoms with van der Waals surface area (Å²) in [6, 6.07) is 16.3. The standard InChI is InChI=1S/C34H29Cl2N3O8/c1-46-19-7-4-17(5-8-19)34-23(31(42)38(33(34)44)37-25-11-6-18(35)14-24(25)36)15-22-20(9-10-21-28(22)32(43)39(45)30(21)41)29(34)16-3-12-27(47-2)26(40)13-16/h3-9,11-14,21-23,28-29,37,40,45H,10,15H2,1-2H3/t21-,22+,23-,28-,29-,34+/m0/s1. The van der Waals surface area contributed by atoms with Gasteiger partial charge in [-0.2, -0.15) is 10.1 Å². The Bertz CT molecular complexity index is 1880. The van der Waals surface area contributed by atoms with Crippen molar-refractivity contribution in [1.82, 2.24) is 10.1 Å². The average Bonchev–Trinajstić information content (AvgIpc) is 3.42. The van der Waals surface area contributed by atoms with Crippen LogP contribution < -0.4 is 14.9 Å². The molecular weight excluding hydrogens is 649 g/mol. The fourth-order valence-corrected chi connectivity index (χ4v) is 8.54. The summed E-state index contributed by atoms with van der Waals surface area (Å²) in [5.41, 5.74) is 3.26. The molecule has 0 spiro atoms. The van der Waals surface area contributed by atoms with Crippen molar-refractivity contribution in [3.8, 4) is 17.2 Å². The monoisotopic (exact) mass is 677 g/mol. The molecule has 1 saturated carbocycles. The maximum atomic E-state index is 15.1. The predicted octanol–water partition coefficient (Wildman–Crippen LogP) is 5.09. The van der Waals surface area contributed by atoms with Crippen LogP contribution in [-0.2, 0) is 24.6 Å². The highest BCUT2D eigenvalue weighted by Gasteiger charge is 2.70. The summed E-state index contributed by atoms with van der Waals surface area (Å²) in [5, 5.41) is 23.0. The van der Waals surface area contributed by atoms with E-state index in [9.17, 15) is 24.7 Å². The molecule has 3 aromatic rings. The van der Waals surface area contributed by atoms with E-state index in [-0.39, 0.29) is 40.1 Å². The van der Waals surface area contributed by atoms with Gasteiger partial charge in [-0.15, -0.1) is 0 Å². The zero-order valence-electron chi connectivity index (χ0n) is 25.1. The van der Waals surface area contributed by atoms with Gasteiger partial charge >= 0.3 is 0 Å². The van der Waals surface area contributed by atoms with Crippen LogP contribution in [0.2, 0.25) is 10.0 Å². The van der Waals surface area contributed by atoms with Gasteiger partial charge in [0.05, 0.1) is 48.1 Å². The maximum absolute atomic E-state index is 15.1. The van der Waals surface area contributed by atoms with E-state index in [0.717, 1.165) is 5.01 Å². The Balaban J connectivity index is 1.48. The number of nitrogens with zero attached hydrogens (tertiary/aromatic N) is 2. The molecule has 3 N–H and O–H groups in total. The number of methoxy groups -OCH3 is 2. The second-order valence-electron chi connectivity index (χ2n) is 12.1. The van der Waals surface area contributed by atoms with E-state index < -0.39 is 58.6 Å². The molecule has 47 heavy (non-hydrogen) atoms. The molecule has 4 amide bonds. The number of carbonyl (C=O) groups is 4. The van der Waals surface area contributed by atoms with Crippen molar-refractivity contribution < 1.29 is 39.0 Å². The first kappa shape index (κ1) is 31.0. The van der Waals surface area contributed by atoms with Crippen molar-refractivity contribution in [1.29, 1.82) is 0 Å². The molecule has 0 radical (unpaired) electrons. The lowest BCUT2D eigenvalue weighted by Gasteiger charge is -2.50. The molecule has 2 heterocycles. The number of hydrogen-bond acceptors (Lipinski definition) is 9. The number of anilines is 1. The smallest absolute Gasteiger partial charge is 0.260 e. The van der Waals surface area contributed by atoms with Gasteiger partial charge in [0, 0.05) is 10.9 Å². The number of hydrazine groups is 1. The van der Waals surface area contributed by atoms with Gasteiger partial charge in [-0.05, 0) is 72.4 Å². The minimum Gasteiger partial charge on any atom is -0.504 e. The van der Waals surface area contributed by atoms with Crippen LogP contribution in [0.3, 0.4) is 0 Å². The summed E-state index contributed by atoms with van der Waals surface area (Å²) in [5.74, 6) is -6.41. The molecule has 11 nitrogen and oxygen atoms in total. The maximum Gasteiger partial charge on any atom is 0.260 e. The van der Waals surface area contributed by atoms with Crippen molar-refractivity contribution in [3.63, 3.8) is 0 Å². The zero-order chi connectivity index (χ0) is 33.4. The van der Waals surface area contributed by atoms with Crippen molar-refractivity contribution in [3.05, 3.63) is 93.5 Å². The predicted molar refractivity (Wildman–Crippen MR) is 169 cm³/mol. The number of phenols is 1. The van der Waals surface area contributed by atoms with Crippen molar-refractivity contribution in [2.45, 2.75) is 24.2 Å². The molecule has 2 saturated heterocycles. The van der Waals surface area contributed by atoms with Gasteiger partial charge in [-0.3, -0.25) is 29.8 Å². The second kappa shape index (κ2) is 11.3. The number of allylic oxidation sites excluding steroid dienone is 2. The number of halogens is 2. The number of hydrogen-bond donors (Lipinski definition) is 3. The molecule has 13 heteroatoms. The topological polar surface area (TPSA) is 146 Å². The van der Waals surface area contributed by atoms with E-state index in [4.69, 9.17) is 32.7 Å². The second-order valence-corrected chi connectivity index (χ2v) is 13.0. The third-order valence-electron chi connectivity index (χ3n) is 10.1. The molecule has 6 atom stereocenters. The van der Waals surface area contributed by atoms with Crippen LogP contribution >= 0.6 is 23.2 Å². The zero-order valence-corrected chi connectivity index (χ0v) is 26.7. The minimum atomic E-state index is -1.59. The Morgan fingerprint density at radius 3 is 2.30 bits per heavy atom. The molecule has 2 aliphatic carbocycles. The lowest BCUT2D eigenvalue weighted by atomic mass is 9.49. The first-order chi connectivity index (χ1) is 22.5. The molecule has 3 aromatic carbocycles. The van der Waals surface area contributed by atoms with Gasteiger partial charge in [0.1, 0.15) is 5.75 Å². The van der Waals surface area contributed by atoms with Crippen LogP contribution in [0.25, 0.3) is 0 Å². The van der Waals surface area contributed by atoms with Gasteiger partial charge in [0.15, 0.2) is 11.5 Å². The molecule has 3 fully saturated rings. The molecule has 0 aromatic heterocycles. The number of aromatic hydroxyl groups is 1. The van der Waals surface area contributed by atoms with E-state index in [2.05, 4.69) is 5.43 Å². The molecule has 4 aliphatic rings. The number of phenolic OH excluding ortho intramolecular Hbond substituents is 1. The van der Waals surface area contributed by atoms with Crippen LogP contribution in [0.4, 0.5) is 5.69 Å². The number of carbonyl (C=O) groups excluding carboxylic acids is 4. The van der Waals surface area contributed by atoms with Gasteiger partial charge in [0.2, 0.25) is 0 Å². The van der Waals surface area contributed by atoms with Crippen LogP contribution in [0.15, 0.2) is 72.3 Å². The summed E-state index contributed by atoms with van der Waals surface area (Å²) in [4.78, 5) is 56.0. The normalized spacial score (nSPS) is 28.1. The highest BCUT2D eigenvalue weighted by atomic mass is 35.5. The first-order valence-corrected chi connectivity index (χ1v) is 15.7. The number of hydroxylamine groups is 2. The van der Waals surface area contributed by atoms with Gasteiger partial charge in [-0.1, -0.05) is 53.1 Å². The summed E-state index contributed by atoms with van der Waals surface area (Å²) < 4.78 is 10.7. The Morgan fingerprint density at radius 1 is 0.894 bits per heavy atom. The van der Waals surface area contributed by atoms with E-state index in [1.165, 1.54) is 26.4 Å². The van der Waals surface area contributed by atoms with Gasteiger partial charge in [-0.25, -0.2) is 0 Å². The van der Waals surface area contributed by atoms with Crippen molar-refractivity contribution in [2.24, 2.45) is 23.7 Å². The number of fused-ring (bicyclic) bond motifs is 4. The number of nitrogens with one attached hydrogen (secondary N) is 1. The fourth-order valence-electron chi connectivity index (χ4n) is 8.09. The van der Waals surface area contributed by atoms with E-state index in [1.54, 1.807) is 48.5 Å². The molecule has 242 valence electrons. The molecule has 0 unspecified atom stereocenters. The lowest BCUT2D eigenvalue weighted by molar-refractivity contribution is -0.173. The Morgan fingerprint density at radius 2 is 1.64 bits per heavy atom. The molecular formula is C34H29Cl2N3O8. The summed E-state index contributed by atoms with van der Waals surface area (Å²) in [7, 11) is 2.93. The Hall–Kier alpha value is -4.58. The number of ether oxygens (including phenoxy) is 2. The molecule has 2 aliphatic heterocycles. The van der Waals surface area contributed by atoms with Gasteiger partial charge in [0.25, 0.3) is 23.6 Å². The summed E-state index contributed by atoms with van der Waals surface area (Å²) in [6.07, 6.45) is 2.01. The van der Waals surface area contributed by atoms with Crippen LogP contribution in [-0.4, -0.2) is 58.2 Å². The van der Waals surface area contributed by atoms with Crippen LogP contribution in [0.1, 0.15) is 29.9 Å². The molecule has 0 bridgehead atoms. The van der Waals surface area contributed by atoms with Crippen molar-refractivity contribution in [2.75, 3.05) is 19.6 Å². The third kappa shape index (κ3) is 4.44. The Kier molecular flexibility index (Phi) is 7.46. The SMILES string of the molecule is COc1ccc([C@@]23C(=O)N(Nc4ccc(Cl)cc4Cl)C(=O)[C@@H]2C[C@@H]2C(=CC[C@@H]4C(=O)N(O)C(=O)[C@@H]42)[C@@H]3c2ccc(OC)c(O)c2)cc1. The van der Waals surface area contributed by atoms with Crippen LogP contribution in [0.5, 0.6) is 17.2 Å². The minimum absolute atomic E-state index is 0.0294. The first-order valence-electron chi connectivity index (χ1n) is 14.9. The number of benzene rings is 3. The van der Waals surface area contributed by atoms with E-state index in [0.29, 0.717) is 27.5 Å². The van der Waals surface area contributed by atoms with E-state index in [1.807, 2.05) is 6.08 Å². The molecule has 7 rings (SSSR count). The highest BCUT2D eigenvalue weighted by Crippen LogP contribution is 2.64. The third-order valence-corrected chi connectivity index (χ3v) is 10.6. The van der Waals surface area contributed by atoms with Crippen molar-refractivity contribution >= 4 is 52.5 Å². The Labute approximate surface area is 279 Å².